The van der Waals surface area contributed by atoms with Crippen LogP contribution < -0.4 is 0 Å². The smallest absolute Gasteiger partial charge is 0.236 e. The van der Waals surface area contributed by atoms with Gasteiger partial charge in [-0.05, 0) is 12.8 Å². The highest BCUT2D eigenvalue weighted by Gasteiger charge is 2.56. The Morgan fingerprint density at radius 1 is 1.25 bits per heavy atom. The van der Waals surface area contributed by atoms with E-state index in [4.69, 9.17) is 4.74 Å². The summed E-state index contributed by atoms with van der Waals surface area (Å²) in [6, 6.07) is 0. The van der Waals surface area contributed by atoms with E-state index in [1.165, 1.54) is 0 Å². The Hall–Kier alpha value is -0.110. The number of epoxide rings is 1. The quantitative estimate of drug-likeness (QED) is 0.562. The van der Waals surface area contributed by atoms with Gasteiger partial charge in [0.2, 0.25) is 5.85 Å². The SMILES string of the molecule is CCCC[C@@H]1O[C@@]1(F)CCCC. The second kappa shape index (κ2) is 4.22. The van der Waals surface area contributed by atoms with E-state index in [-0.39, 0.29) is 6.10 Å². The minimum absolute atomic E-state index is 0.0796. The van der Waals surface area contributed by atoms with Gasteiger partial charge in [0.15, 0.2) is 0 Å². The molecule has 0 aliphatic carbocycles. The van der Waals surface area contributed by atoms with E-state index in [0.717, 1.165) is 32.1 Å². The molecule has 12 heavy (non-hydrogen) atoms. The van der Waals surface area contributed by atoms with Crippen LogP contribution in [0.15, 0.2) is 0 Å². The van der Waals surface area contributed by atoms with Crippen molar-refractivity contribution < 1.29 is 9.13 Å². The molecule has 1 nitrogen and oxygen atoms in total. The van der Waals surface area contributed by atoms with Crippen LogP contribution in [0.25, 0.3) is 0 Å². The van der Waals surface area contributed by atoms with E-state index >= 15 is 0 Å². The number of alkyl halides is 1. The maximum atomic E-state index is 13.5. The molecule has 1 rings (SSSR count). The van der Waals surface area contributed by atoms with Crippen molar-refractivity contribution in [2.45, 2.75) is 64.3 Å². The van der Waals surface area contributed by atoms with Gasteiger partial charge in [-0.1, -0.05) is 33.1 Å². The van der Waals surface area contributed by atoms with Crippen molar-refractivity contribution in [3.63, 3.8) is 0 Å². The van der Waals surface area contributed by atoms with Crippen LogP contribution in [-0.2, 0) is 4.74 Å². The van der Waals surface area contributed by atoms with Crippen LogP contribution in [0.3, 0.4) is 0 Å². The van der Waals surface area contributed by atoms with Crippen LogP contribution in [0.2, 0.25) is 0 Å². The summed E-state index contributed by atoms with van der Waals surface area (Å²) < 4.78 is 18.5. The molecule has 2 atom stereocenters. The summed E-state index contributed by atoms with van der Waals surface area (Å²) in [6.07, 6.45) is 5.62. The Balaban J connectivity index is 2.10. The molecule has 0 amide bonds. The number of hydrogen-bond acceptors (Lipinski definition) is 1. The van der Waals surface area contributed by atoms with Gasteiger partial charge >= 0.3 is 0 Å². The number of ether oxygens (including phenoxy) is 1. The summed E-state index contributed by atoms with van der Waals surface area (Å²) in [5.74, 6) is -1.23. The Morgan fingerprint density at radius 2 is 1.92 bits per heavy atom. The molecule has 1 heterocycles. The standard InChI is InChI=1S/C10H19FO/c1-3-5-7-9-10(11,12-9)8-6-4-2/h9H,3-8H2,1-2H3/t9-,10-/m0/s1. The van der Waals surface area contributed by atoms with Crippen molar-refractivity contribution in [2.24, 2.45) is 0 Å². The highest BCUT2D eigenvalue weighted by Crippen LogP contribution is 2.44. The van der Waals surface area contributed by atoms with E-state index in [0.29, 0.717) is 6.42 Å². The van der Waals surface area contributed by atoms with Crippen LogP contribution >= 0.6 is 0 Å². The molecule has 0 saturated carbocycles. The summed E-state index contributed by atoms with van der Waals surface area (Å²) in [4.78, 5) is 0. The number of halogens is 1. The van der Waals surface area contributed by atoms with Gasteiger partial charge < -0.3 is 4.74 Å². The molecule has 0 N–H and O–H groups in total. The number of hydrogen-bond donors (Lipinski definition) is 0. The van der Waals surface area contributed by atoms with Crippen molar-refractivity contribution >= 4 is 0 Å². The average Bonchev–Trinajstić information content (AvgIpc) is 2.71. The molecule has 0 aromatic heterocycles. The Morgan fingerprint density at radius 3 is 2.50 bits per heavy atom. The van der Waals surface area contributed by atoms with E-state index in [1.807, 2.05) is 0 Å². The Labute approximate surface area is 74.3 Å². The minimum atomic E-state index is -1.23. The maximum absolute atomic E-state index is 13.5. The zero-order valence-corrected chi connectivity index (χ0v) is 8.11. The van der Waals surface area contributed by atoms with Crippen molar-refractivity contribution in [2.75, 3.05) is 0 Å². The van der Waals surface area contributed by atoms with Gasteiger partial charge in [0.05, 0.1) is 0 Å². The molecule has 0 aromatic rings. The lowest BCUT2D eigenvalue weighted by Gasteiger charge is -2.00. The van der Waals surface area contributed by atoms with E-state index in [1.54, 1.807) is 0 Å². The second-order valence-corrected chi connectivity index (χ2v) is 3.64. The largest absolute Gasteiger partial charge is 0.334 e. The van der Waals surface area contributed by atoms with E-state index < -0.39 is 5.85 Å². The average molecular weight is 174 g/mol. The molecule has 0 spiro atoms. The molecule has 72 valence electrons. The number of rotatable bonds is 6. The van der Waals surface area contributed by atoms with Crippen molar-refractivity contribution in [1.29, 1.82) is 0 Å². The van der Waals surface area contributed by atoms with Crippen LogP contribution in [-0.4, -0.2) is 12.0 Å². The summed E-state index contributed by atoms with van der Waals surface area (Å²) in [6.45, 7) is 4.20. The third-order valence-corrected chi connectivity index (χ3v) is 2.45. The molecule has 1 aliphatic rings. The predicted molar refractivity (Wildman–Crippen MR) is 47.8 cm³/mol. The minimum Gasteiger partial charge on any atom is -0.334 e. The van der Waals surface area contributed by atoms with Gasteiger partial charge in [-0.3, -0.25) is 0 Å². The third-order valence-electron chi connectivity index (χ3n) is 2.45. The summed E-state index contributed by atoms with van der Waals surface area (Å²) in [5.41, 5.74) is 0. The van der Waals surface area contributed by atoms with Gasteiger partial charge in [0, 0.05) is 6.42 Å². The zero-order chi connectivity index (χ0) is 9.03. The zero-order valence-electron chi connectivity index (χ0n) is 8.11. The fraction of sp³-hybridized carbons (Fsp3) is 1.00. The first-order valence-corrected chi connectivity index (χ1v) is 5.09. The molecular formula is C10H19FO. The number of unbranched alkanes of at least 4 members (excludes halogenated alkanes) is 2. The highest BCUT2D eigenvalue weighted by atomic mass is 19.2. The first-order chi connectivity index (χ1) is 5.73. The first-order valence-electron chi connectivity index (χ1n) is 5.09. The van der Waals surface area contributed by atoms with Crippen LogP contribution in [0.4, 0.5) is 4.39 Å². The maximum Gasteiger partial charge on any atom is 0.236 e. The topological polar surface area (TPSA) is 12.5 Å². The molecule has 1 fully saturated rings. The van der Waals surface area contributed by atoms with E-state index in [2.05, 4.69) is 13.8 Å². The lowest BCUT2D eigenvalue weighted by molar-refractivity contribution is 0.127. The predicted octanol–water partition coefficient (Wildman–Crippen LogP) is 3.43. The molecule has 1 aliphatic heterocycles. The van der Waals surface area contributed by atoms with Gasteiger partial charge in [-0.2, -0.15) is 0 Å². The summed E-state index contributed by atoms with van der Waals surface area (Å²) in [5, 5.41) is 0. The summed E-state index contributed by atoms with van der Waals surface area (Å²) in [7, 11) is 0. The highest BCUT2D eigenvalue weighted by molar-refractivity contribution is 4.92. The summed E-state index contributed by atoms with van der Waals surface area (Å²) >= 11 is 0. The van der Waals surface area contributed by atoms with Gasteiger partial charge in [-0.15, -0.1) is 0 Å². The van der Waals surface area contributed by atoms with Gasteiger partial charge in [-0.25, -0.2) is 4.39 Å². The Kier molecular flexibility index (Phi) is 3.51. The fourth-order valence-corrected chi connectivity index (χ4v) is 1.50. The van der Waals surface area contributed by atoms with Crippen LogP contribution in [0, 0.1) is 0 Å². The lowest BCUT2D eigenvalue weighted by atomic mass is 10.1. The molecule has 0 aromatic carbocycles. The normalized spacial score (nSPS) is 33.8. The van der Waals surface area contributed by atoms with Gasteiger partial charge in [0.1, 0.15) is 6.10 Å². The van der Waals surface area contributed by atoms with Crippen molar-refractivity contribution in [3.8, 4) is 0 Å². The molecular weight excluding hydrogens is 155 g/mol. The molecule has 0 radical (unpaired) electrons. The van der Waals surface area contributed by atoms with Crippen molar-refractivity contribution in [1.82, 2.24) is 0 Å². The van der Waals surface area contributed by atoms with Crippen LogP contribution in [0.5, 0.6) is 0 Å². The second-order valence-electron chi connectivity index (χ2n) is 3.64. The fourth-order valence-electron chi connectivity index (χ4n) is 1.50. The molecule has 2 heteroatoms. The first kappa shape index (κ1) is 9.97. The monoisotopic (exact) mass is 174 g/mol. The molecule has 1 saturated heterocycles. The van der Waals surface area contributed by atoms with Crippen LogP contribution in [0.1, 0.15) is 52.4 Å². The molecule has 0 unspecified atom stereocenters. The molecule has 0 bridgehead atoms. The van der Waals surface area contributed by atoms with Crippen molar-refractivity contribution in [3.05, 3.63) is 0 Å². The third kappa shape index (κ3) is 2.44. The Bertz CT molecular complexity index is 138. The lowest BCUT2D eigenvalue weighted by Crippen LogP contribution is -2.07. The van der Waals surface area contributed by atoms with E-state index in [9.17, 15) is 4.39 Å². The van der Waals surface area contributed by atoms with Gasteiger partial charge in [0.25, 0.3) is 0 Å².